The van der Waals surface area contributed by atoms with Gasteiger partial charge in [-0.15, -0.1) is 0 Å². The van der Waals surface area contributed by atoms with Crippen LogP contribution in [-0.4, -0.2) is 45.5 Å². The molecule has 0 unspecified atom stereocenters. The van der Waals surface area contributed by atoms with E-state index in [1.54, 1.807) is 6.92 Å². The number of carbonyl (C=O) groups excluding carboxylic acids is 4. The molecule has 0 fully saturated rings. The van der Waals surface area contributed by atoms with Gasteiger partial charge in [0.25, 0.3) is 0 Å². The number of nitrogens with zero attached hydrogens (tertiary/aromatic N) is 2. The van der Waals surface area contributed by atoms with E-state index in [1.165, 1.54) is 19.1 Å². The van der Waals surface area contributed by atoms with Crippen molar-refractivity contribution in [1.82, 2.24) is 9.55 Å². The molecule has 0 bridgehead atoms. The Kier molecular flexibility index (Phi) is 7.42. The van der Waals surface area contributed by atoms with E-state index >= 15 is 0 Å². The van der Waals surface area contributed by atoms with Gasteiger partial charge in [-0.3, -0.25) is 9.59 Å². The quantitative estimate of drug-likeness (QED) is 0.477. The zero-order valence-corrected chi connectivity index (χ0v) is 18.9. The molecule has 2 aromatic rings. The molecule has 0 N–H and O–H groups in total. The molecule has 3 atom stereocenters. The molecule has 0 amide bonds. The fraction of sp³-hybridized carbons (Fsp3) is 0.375. The first kappa shape index (κ1) is 23.9. The van der Waals surface area contributed by atoms with E-state index in [2.05, 4.69) is 4.98 Å². The van der Waals surface area contributed by atoms with Crippen LogP contribution in [0, 0.1) is 6.92 Å². The molecule has 0 saturated heterocycles. The lowest BCUT2D eigenvalue weighted by Crippen LogP contribution is -2.23. The van der Waals surface area contributed by atoms with Gasteiger partial charge in [0, 0.05) is 25.6 Å². The zero-order valence-electron chi connectivity index (χ0n) is 18.9. The van der Waals surface area contributed by atoms with E-state index in [9.17, 15) is 19.2 Å². The Bertz CT molecular complexity index is 1150. The van der Waals surface area contributed by atoms with Crippen molar-refractivity contribution in [3.63, 3.8) is 0 Å². The highest BCUT2D eigenvalue weighted by Crippen LogP contribution is 2.27. The molecule has 1 aliphatic rings. The lowest BCUT2D eigenvalue weighted by Gasteiger charge is -2.19. The summed E-state index contributed by atoms with van der Waals surface area (Å²) in [5, 5.41) is 0. The molecule has 0 aliphatic carbocycles. The number of hydrogen-bond acceptors (Lipinski definition) is 8. The van der Waals surface area contributed by atoms with Crippen LogP contribution in [0.5, 0.6) is 0 Å². The summed E-state index contributed by atoms with van der Waals surface area (Å²) in [7, 11) is 1.91. The van der Waals surface area contributed by atoms with E-state index in [1.807, 2.05) is 36.7 Å². The lowest BCUT2D eigenvalue weighted by molar-refractivity contribution is -0.155. The number of carbonyl (C=O) groups is 4. The Labute approximate surface area is 191 Å². The number of ether oxygens (including phenoxy) is 3. The van der Waals surface area contributed by atoms with E-state index in [-0.39, 0.29) is 12.8 Å². The maximum absolute atomic E-state index is 12.5. The largest absolute Gasteiger partial charge is 0.459 e. The van der Waals surface area contributed by atoms with E-state index < -0.39 is 42.0 Å². The minimum absolute atomic E-state index is 0.170. The van der Waals surface area contributed by atoms with Crippen molar-refractivity contribution >= 4 is 34.7 Å². The first-order valence-corrected chi connectivity index (χ1v) is 10.6. The molecule has 174 valence electrons. The molecule has 2 heterocycles. The van der Waals surface area contributed by atoms with Crippen LogP contribution in [0.15, 0.2) is 42.5 Å². The van der Waals surface area contributed by atoms with Crippen molar-refractivity contribution in [3.8, 4) is 0 Å². The molecule has 1 aromatic carbocycles. The van der Waals surface area contributed by atoms with Gasteiger partial charge in [0.05, 0.1) is 17.5 Å². The second kappa shape index (κ2) is 10.2. The van der Waals surface area contributed by atoms with Gasteiger partial charge in [0.2, 0.25) is 0 Å². The van der Waals surface area contributed by atoms with Crippen molar-refractivity contribution in [2.24, 2.45) is 7.05 Å². The van der Waals surface area contributed by atoms with Crippen LogP contribution in [-0.2, 0) is 40.4 Å². The first-order valence-electron chi connectivity index (χ1n) is 10.6. The Balaban J connectivity index is 1.88. The van der Waals surface area contributed by atoms with Crippen molar-refractivity contribution in [1.29, 1.82) is 0 Å². The minimum atomic E-state index is -1.07. The number of hydrogen-bond donors (Lipinski definition) is 0. The molecule has 0 radical (unpaired) electrons. The summed E-state index contributed by atoms with van der Waals surface area (Å²) in [6.07, 6.45) is 2.10. The molecule has 3 rings (SSSR count). The first-order chi connectivity index (χ1) is 15.6. The molecule has 33 heavy (non-hydrogen) atoms. The van der Waals surface area contributed by atoms with Gasteiger partial charge < -0.3 is 18.8 Å². The Morgan fingerprint density at radius 2 is 1.70 bits per heavy atom. The monoisotopic (exact) mass is 454 g/mol. The molecule has 1 aliphatic heterocycles. The van der Waals surface area contributed by atoms with E-state index in [4.69, 9.17) is 14.2 Å². The van der Waals surface area contributed by atoms with Crippen molar-refractivity contribution in [2.45, 2.75) is 51.9 Å². The van der Waals surface area contributed by atoms with Gasteiger partial charge in [-0.05, 0) is 44.5 Å². The fourth-order valence-corrected chi connectivity index (χ4v) is 3.36. The second-order valence-electron chi connectivity index (χ2n) is 7.85. The smallest absolute Gasteiger partial charge is 0.331 e. The van der Waals surface area contributed by atoms with Crippen LogP contribution in [0.2, 0.25) is 0 Å². The number of esters is 3. The summed E-state index contributed by atoms with van der Waals surface area (Å²) in [4.78, 5) is 53.0. The van der Waals surface area contributed by atoms with Crippen LogP contribution >= 0.6 is 0 Å². The number of fused-ring (bicyclic) bond motifs is 1. The molecule has 1 aromatic heterocycles. The van der Waals surface area contributed by atoms with Gasteiger partial charge in [0.15, 0.2) is 11.9 Å². The van der Waals surface area contributed by atoms with Gasteiger partial charge in [-0.25, -0.2) is 14.6 Å². The number of cyclic esters (lactones) is 3. The molecular formula is C24H26N2O7. The van der Waals surface area contributed by atoms with Crippen LogP contribution in [0.3, 0.4) is 0 Å². The van der Waals surface area contributed by atoms with Crippen LogP contribution < -0.4 is 0 Å². The zero-order chi connectivity index (χ0) is 24.1. The van der Waals surface area contributed by atoms with Crippen LogP contribution in [0.4, 0.5) is 0 Å². The van der Waals surface area contributed by atoms with Crippen molar-refractivity contribution in [3.05, 3.63) is 53.9 Å². The van der Waals surface area contributed by atoms with Crippen molar-refractivity contribution in [2.75, 3.05) is 0 Å². The average Bonchev–Trinajstić information content (AvgIpc) is 3.03. The van der Waals surface area contributed by atoms with E-state index in [0.717, 1.165) is 29.0 Å². The number of imidazole rings is 1. The Hall–Kier alpha value is -3.75. The molecule has 0 spiro atoms. The molecule has 9 nitrogen and oxygen atoms in total. The predicted molar refractivity (Wildman–Crippen MR) is 118 cm³/mol. The number of aromatic nitrogens is 2. The number of rotatable bonds is 1. The summed E-state index contributed by atoms with van der Waals surface area (Å²) in [6.45, 7) is 4.86. The standard InChI is InChI=1S/C24H26N2O7/c1-14-12-24(30)33-21(17-8-9-19-18(13-17)25-16(3)26(19)4)6-5-7-22(28)32-15(2)20(27)10-11-23(29)31-14/h5,7-11,13-15,21H,6,12H2,1-4H3/b7-5+,11-10+/t14-,15-,21+/m0/s1. The van der Waals surface area contributed by atoms with Gasteiger partial charge in [-0.1, -0.05) is 12.1 Å². The summed E-state index contributed by atoms with van der Waals surface area (Å²) in [6, 6.07) is 5.56. The lowest BCUT2D eigenvalue weighted by atomic mass is 10.0. The highest BCUT2D eigenvalue weighted by atomic mass is 16.6. The Morgan fingerprint density at radius 1 is 0.970 bits per heavy atom. The van der Waals surface area contributed by atoms with Crippen LogP contribution in [0.25, 0.3) is 11.0 Å². The van der Waals surface area contributed by atoms with Gasteiger partial charge >= 0.3 is 17.9 Å². The summed E-state index contributed by atoms with van der Waals surface area (Å²) >= 11 is 0. The highest BCUT2D eigenvalue weighted by molar-refractivity contribution is 5.99. The third-order valence-electron chi connectivity index (χ3n) is 5.23. The second-order valence-corrected chi connectivity index (χ2v) is 7.85. The number of benzene rings is 1. The summed E-state index contributed by atoms with van der Waals surface area (Å²) in [5.41, 5.74) is 2.38. The Morgan fingerprint density at radius 3 is 2.45 bits per heavy atom. The fourth-order valence-electron chi connectivity index (χ4n) is 3.36. The van der Waals surface area contributed by atoms with Crippen LogP contribution in [0.1, 0.15) is 44.2 Å². The number of ketones is 1. The minimum Gasteiger partial charge on any atom is -0.459 e. The molecule has 9 heteroatoms. The number of aryl methyl sites for hydroxylation is 2. The third kappa shape index (κ3) is 6.15. The summed E-state index contributed by atoms with van der Waals surface area (Å²) in [5.74, 6) is -1.82. The van der Waals surface area contributed by atoms with Crippen molar-refractivity contribution < 1.29 is 33.4 Å². The normalized spacial score (nSPS) is 25.3. The third-order valence-corrected chi connectivity index (χ3v) is 5.23. The summed E-state index contributed by atoms with van der Waals surface area (Å²) < 4.78 is 17.8. The molecular weight excluding hydrogens is 428 g/mol. The maximum atomic E-state index is 12.5. The SMILES string of the molecule is Cc1nc2cc([C@H]3C/C=C/C(=O)O[C@@H](C)C(=O)/C=C/C(=O)O[C@@H](C)CC(=O)O3)ccc2n1C. The maximum Gasteiger partial charge on any atom is 0.331 e. The topological polar surface area (TPSA) is 114 Å². The average molecular weight is 454 g/mol. The van der Waals surface area contributed by atoms with Gasteiger partial charge in [-0.2, -0.15) is 0 Å². The molecule has 0 saturated carbocycles. The van der Waals surface area contributed by atoms with Gasteiger partial charge in [0.1, 0.15) is 18.0 Å². The highest BCUT2D eigenvalue weighted by Gasteiger charge is 2.21. The predicted octanol–water partition coefficient (Wildman–Crippen LogP) is 2.80. The van der Waals surface area contributed by atoms with E-state index in [0.29, 0.717) is 5.56 Å².